The second kappa shape index (κ2) is 15.5. The molecule has 0 aliphatic heterocycles. The van der Waals surface area contributed by atoms with Gasteiger partial charge in [-0.1, -0.05) is 105 Å². The van der Waals surface area contributed by atoms with Crippen LogP contribution in [0, 0.1) is 5.92 Å². The Morgan fingerprint density at radius 2 is 1.14 bits per heavy atom. The first-order valence-corrected chi connectivity index (χ1v) is 14.1. The Balaban J connectivity index is 0.000000830. The molecule has 0 bridgehead atoms. The first kappa shape index (κ1) is 29.7. The molecule has 0 saturated carbocycles. The highest BCUT2D eigenvalue weighted by Gasteiger charge is 2.27. The van der Waals surface area contributed by atoms with Gasteiger partial charge >= 0.3 is 0 Å². The van der Waals surface area contributed by atoms with E-state index in [9.17, 15) is 13.5 Å². The summed E-state index contributed by atoms with van der Waals surface area (Å²) in [7, 11) is -3.67. The maximum absolute atomic E-state index is 11.3. The summed E-state index contributed by atoms with van der Waals surface area (Å²) in [5.41, 5.74) is 3.78. The minimum absolute atomic E-state index is 0.00229. The van der Waals surface area contributed by atoms with Crippen molar-refractivity contribution in [2.75, 3.05) is 19.3 Å². The molecule has 3 aromatic carbocycles. The zero-order valence-corrected chi connectivity index (χ0v) is 22.3. The molecule has 196 valence electrons. The van der Waals surface area contributed by atoms with Gasteiger partial charge < -0.3 is 10.4 Å². The summed E-state index contributed by atoms with van der Waals surface area (Å²) >= 11 is 0. The van der Waals surface area contributed by atoms with Crippen molar-refractivity contribution in [3.05, 3.63) is 108 Å². The van der Waals surface area contributed by atoms with Gasteiger partial charge in [-0.3, -0.25) is 9.45 Å². The topological polar surface area (TPSA) is 89.9 Å². The Kier molecular flexibility index (Phi) is 12.8. The van der Waals surface area contributed by atoms with Crippen LogP contribution in [-0.2, 0) is 29.6 Å². The van der Waals surface area contributed by atoms with Crippen LogP contribution in [0.4, 0.5) is 0 Å². The minimum Gasteiger partial charge on any atom is -0.390 e. The van der Waals surface area contributed by atoms with Crippen LogP contribution in [-0.4, -0.2) is 54.5 Å². The Hall–Kier alpha value is -2.55. The number of hydrogen-bond acceptors (Lipinski definition) is 5. The van der Waals surface area contributed by atoms with E-state index < -0.39 is 16.2 Å². The number of aliphatic hydroxyl groups excluding tert-OH is 1. The maximum Gasteiger partial charge on any atom is 0.261 e. The number of aliphatic hydroxyl groups is 1. The van der Waals surface area contributed by atoms with Crippen molar-refractivity contribution in [2.45, 2.75) is 45.5 Å². The molecule has 0 amide bonds. The van der Waals surface area contributed by atoms with E-state index in [1.165, 1.54) is 16.7 Å². The van der Waals surface area contributed by atoms with Crippen LogP contribution >= 0.6 is 0 Å². The molecule has 0 radical (unpaired) electrons. The molecule has 3 aromatic rings. The van der Waals surface area contributed by atoms with Crippen molar-refractivity contribution < 1.29 is 18.1 Å². The van der Waals surface area contributed by atoms with Gasteiger partial charge in [0.05, 0.1) is 12.4 Å². The van der Waals surface area contributed by atoms with Crippen molar-refractivity contribution in [1.82, 2.24) is 10.2 Å². The molecule has 0 aliphatic rings. The summed E-state index contributed by atoms with van der Waals surface area (Å²) in [5, 5.41) is 14.8. The largest absolute Gasteiger partial charge is 0.390 e. The first-order valence-electron chi connectivity index (χ1n) is 12.3. The molecule has 3 rings (SSSR count). The molecule has 2 atom stereocenters. The highest BCUT2D eigenvalue weighted by atomic mass is 32.2. The molecule has 0 aliphatic carbocycles. The fourth-order valence-corrected chi connectivity index (χ4v) is 3.95. The van der Waals surface area contributed by atoms with Crippen molar-refractivity contribution in [1.29, 1.82) is 0 Å². The lowest BCUT2D eigenvalue weighted by Crippen LogP contribution is -2.48. The lowest BCUT2D eigenvalue weighted by atomic mass is 9.97. The number of benzene rings is 3. The van der Waals surface area contributed by atoms with Gasteiger partial charge in [-0.15, -0.1) is 0 Å². The third-order valence-corrected chi connectivity index (χ3v) is 5.56. The summed E-state index contributed by atoms with van der Waals surface area (Å²) in [4.78, 5) is 2.43. The molecule has 0 saturated heterocycles. The summed E-state index contributed by atoms with van der Waals surface area (Å²) in [6.45, 7) is 7.49. The average molecular weight is 513 g/mol. The summed E-state index contributed by atoms with van der Waals surface area (Å²) in [5.74, 6) is 0.560. The summed E-state index contributed by atoms with van der Waals surface area (Å²) in [6.07, 6.45) is 1.06. The van der Waals surface area contributed by atoms with Gasteiger partial charge in [-0.2, -0.15) is 8.42 Å². The number of hydrogen-bond donors (Lipinski definition) is 3. The van der Waals surface area contributed by atoms with E-state index in [1.807, 2.05) is 6.07 Å². The van der Waals surface area contributed by atoms with Gasteiger partial charge in [-0.05, 0) is 35.6 Å². The Labute approximate surface area is 216 Å². The zero-order valence-electron chi connectivity index (χ0n) is 21.5. The smallest absolute Gasteiger partial charge is 0.261 e. The molecular weight excluding hydrogens is 472 g/mol. The van der Waals surface area contributed by atoms with Gasteiger partial charge in [0.2, 0.25) is 0 Å². The quantitative estimate of drug-likeness (QED) is 0.312. The van der Waals surface area contributed by atoms with Crippen LogP contribution in [0.3, 0.4) is 0 Å². The van der Waals surface area contributed by atoms with Gasteiger partial charge in [0.1, 0.15) is 0 Å². The molecule has 36 heavy (non-hydrogen) atoms. The average Bonchev–Trinajstić information content (AvgIpc) is 2.83. The second-order valence-electron chi connectivity index (χ2n) is 9.49. The summed E-state index contributed by atoms with van der Waals surface area (Å²) < 4.78 is 25.9. The Bertz CT molecular complexity index is 1030. The number of rotatable bonds is 12. The van der Waals surface area contributed by atoms with E-state index in [-0.39, 0.29) is 6.04 Å². The van der Waals surface area contributed by atoms with Crippen LogP contribution < -0.4 is 5.32 Å². The first-order chi connectivity index (χ1) is 17.1. The van der Waals surface area contributed by atoms with Gasteiger partial charge in [0, 0.05) is 25.7 Å². The third kappa shape index (κ3) is 13.0. The molecule has 0 fully saturated rings. The van der Waals surface area contributed by atoms with Gasteiger partial charge in [0.25, 0.3) is 10.1 Å². The van der Waals surface area contributed by atoms with Crippen LogP contribution in [0.5, 0.6) is 0 Å². The lowest BCUT2D eigenvalue weighted by Gasteiger charge is -2.36. The summed E-state index contributed by atoms with van der Waals surface area (Å²) in [6, 6.07) is 31.6. The van der Waals surface area contributed by atoms with Crippen LogP contribution in [0.15, 0.2) is 91.0 Å². The molecule has 0 aromatic heterocycles. The van der Waals surface area contributed by atoms with Crippen molar-refractivity contribution >= 4 is 10.1 Å². The predicted octanol–water partition coefficient (Wildman–Crippen LogP) is 4.41. The highest BCUT2D eigenvalue weighted by Crippen LogP contribution is 2.19. The van der Waals surface area contributed by atoms with Gasteiger partial charge in [0.15, 0.2) is 0 Å². The third-order valence-electron chi connectivity index (χ3n) is 5.56. The van der Waals surface area contributed by atoms with E-state index in [1.54, 1.807) is 0 Å². The lowest BCUT2D eigenvalue weighted by molar-refractivity contribution is 0.0390. The van der Waals surface area contributed by atoms with E-state index in [4.69, 9.17) is 4.55 Å². The maximum atomic E-state index is 11.3. The second-order valence-corrected chi connectivity index (χ2v) is 11.0. The van der Waals surface area contributed by atoms with Crippen LogP contribution in [0.25, 0.3) is 0 Å². The van der Waals surface area contributed by atoms with Crippen molar-refractivity contribution in [3.63, 3.8) is 0 Å². The molecule has 0 heterocycles. The van der Waals surface area contributed by atoms with Crippen molar-refractivity contribution in [2.24, 2.45) is 5.92 Å². The minimum atomic E-state index is -3.67. The van der Waals surface area contributed by atoms with E-state index in [0.717, 1.165) is 26.1 Å². The number of nitrogens with zero attached hydrogens (tertiary/aromatic N) is 1. The molecule has 6 nitrogen and oxygen atoms in total. The molecule has 3 N–H and O–H groups in total. The van der Waals surface area contributed by atoms with E-state index in [0.29, 0.717) is 18.7 Å². The molecular formula is C29H40N2O4S. The number of nitrogens with one attached hydrogen (secondary N) is 1. The molecule has 2 unspecified atom stereocenters. The van der Waals surface area contributed by atoms with Gasteiger partial charge in [-0.25, -0.2) is 0 Å². The molecule has 0 spiro atoms. The highest BCUT2D eigenvalue weighted by molar-refractivity contribution is 7.85. The normalized spacial score (nSPS) is 13.2. The van der Waals surface area contributed by atoms with Crippen LogP contribution in [0.1, 0.15) is 30.5 Å². The Morgan fingerprint density at radius 3 is 1.53 bits per heavy atom. The predicted molar refractivity (Wildman–Crippen MR) is 147 cm³/mol. The van der Waals surface area contributed by atoms with Crippen molar-refractivity contribution in [3.8, 4) is 0 Å². The SMILES string of the molecule is CC(C)CNCC(O)C(Cc1ccccc1)N(Cc1ccccc1)Cc1ccccc1.CS(=O)(=O)O. The molecule has 7 heteroatoms. The van der Waals surface area contributed by atoms with Crippen LogP contribution in [0.2, 0.25) is 0 Å². The standard InChI is InChI=1S/C28H36N2O.CH4O3S/c1-23(2)19-29-20-28(31)27(18-24-12-6-3-7-13-24)30(21-25-14-8-4-9-15-25)22-26-16-10-5-11-17-26;1-5(2,3)4/h3-17,23,27-29,31H,18-22H2,1-2H3;1H3,(H,2,3,4). The fraction of sp³-hybridized carbons (Fsp3) is 0.379. The monoisotopic (exact) mass is 512 g/mol. The van der Waals surface area contributed by atoms with E-state index in [2.05, 4.69) is 109 Å². The Morgan fingerprint density at radius 1 is 0.750 bits per heavy atom. The van der Waals surface area contributed by atoms with E-state index >= 15 is 0 Å². The fourth-order valence-electron chi connectivity index (χ4n) is 3.95. The zero-order chi connectivity index (χ0) is 26.4.